The number of aryl methyl sites for hydroxylation is 1. The van der Waals surface area contributed by atoms with E-state index < -0.39 is 9.84 Å². The minimum Gasteiger partial charge on any atom is -0.224 e. The quantitative estimate of drug-likeness (QED) is 0.840. The van der Waals surface area contributed by atoms with E-state index in [1.54, 1.807) is 12.1 Å². The van der Waals surface area contributed by atoms with Crippen LogP contribution in [0.25, 0.3) is 0 Å². The minimum absolute atomic E-state index is 0.358. The van der Waals surface area contributed by atoms with Crippen LogP contribution in [-0.4, -0.2) is 14.2 Å². The van der Waals surface area contributed by atoms with Gasteiger partial charge in [-0.2, -0.15) is 0 Å². The Hall–Kier alpha value is -0.830. The lowest BCUT2D eigenvalue weighted by Gasteiger charge is -2.21. The molecule has 0 N–H and O–H groups in total. The second-order valence-electron chi connectivity index (χ2n) is 6.03. The van der Waals surface area contributed by atoms with Crippen LogP contribution in [0.15, 0.2) is 29.2 Å². The van der Waals surface area contributed by atoms with Crippen LogP contribution in [0.2, 0.25) is 0 Å². The zero-order valence-corrected chi connectivity index (χ0v) is 11.6. The molecule has 3 heteroatoms. The van der Waals surface area contributed by atoms with Gasteiger partial charge in [0.15, 0.2) is 9.84 Å². The van der Waals surface area contributed by atoms with E-state index in [0.717, 1.165) is 17.9 Å². The molecule has 1 aromatic carbocycles. The molecule has 0 heterocycles. The summed E-state index contributed by atoms with van der Waals surface area (Å²) in [5.41, 5.74) is 1.11. The molecule has 18 heavy (non-hydrogen) atoms. The fourth-order valence-corrected chi connectivity index (χ4v) is 5.42. The molecule has 1 aromatic rings. The average molecular weight is 264 g/mol. The van der Waals surface area contributed by atoms with E-state index in [1.807, 2.05) is 19.1 Å². The van der Waals surface area contributed by atoms with Crippen molar-refractivity contribution in [1.29, 1.82) is 0 Å². The summed E-state index contributed by atoms with van der Waals surface area (Å²) in [7, 11) is -3.08. The predicted octanol–water partition coefficient (Wildman–Crippen LogP) is 3.20. The van der Waals surface area contributed by atoms with Gasteiger partial charge in [-0.25, -0.2) is 8.42 Å². The lowest BCUT2D eigenvalue weighted by molar-refractivity contribution is 0.360. The Kier molecular flexibility index (Phi) is 2.97. The number of rotatable bonds is 3. The van der Waals surface area contributed by atoms with Crippen LogP contribution in [0.1, 0.15) is 31.2 Å². The highest BCUT2D eigenvalue weighted by Crippen LogP contribution is 2.48. The highest BCUT2D eigenvalue weighted by Gasteiger charge is 2.41. The number of hydrogen-bond acceptors (Lipinski definition) is 2. The molecule has 2 aliphatic carbocycles. The van der Waals surface area contributed by atoms with Crippen molar-refractivity contribution < 1.29 is 8.42 Å². The van der Waals surface area contributed by atoms with E-state index >= 15 is 0 Å². The molecular weight excluding hydrogens is 244 g/mol. The Morgan fingerprint density at radius 1 is 1.11 bits per heavy atom. The zero-order chi connectivity index (χ0) is 12.8. The Labute approximate surface area is 109 Å². The smallest absolute Gasteiger partial charge is 0.178 e. The number of sulfone groups is 1. The fourth-order valence-electron chi connectivity index (χ4n) is 3.70. The van der Waals surface area contributed by atoms with Crippen LogP contribution < -0.4 is 0 Å². The Balaban J connectivity index is 1.77. The summed E-state index contributed by atoms with van der Waals surface area (Å²) < 4.78 is 24.8. The summed E-state index contributed by atoms with van der Waals surface area (Å²) in [6, 6.07) is 7.26. The molecule has 98 valence electrons. The summed E-state index contributed by atoms with van der Waals surface area (Å²) in [4.78, 5) is 0.496. The maximum atomic E-state index is 12.4. The van der Waals surface area contributed by atoms with Gasteiger partial charge in [-0.3, -0.25) is 0 Å². The molecule has 0 spiro atoms. The SMILES string of the molecule is Cc1ccc(S(=O)(=O)C[C@H]2C[C@@H]3CC[C@H]2C3)cc1. The van der Waals surface area contributed by atoms with Crippen molar-refractivity contribution >= 4 is 9.84 Å². The van der Waals surface area contributed by atoms with Gasteiger partial charge in [-0.15, -0.1) is 0 Å². The third kappa shape index (κ3) is 2.20. The second-order valence-corrected chi connectivity index (χ2v) is 8.06. The first kappa shape index (κ1) is 12.2. The zero-order valence-electron chi connectivity index (χ0n) is 10.8. The molecule has 2 bridgehead atoms. The van der Waals surface area contributed by atoms with Gasteiger partial charge in [0, 0.05) is 0 Å². The van der Waals surface area contributed by atoms with Gasteiger partial charge >= 0.3 is 0 Å². The van der Waals surface area contributed by atoms with Gasteiger partial charge < -0.3 is 0 Å². The van der Waals surface area contributed by atoms with Gasteiger partial charge in [0.05, 0.1) is 10.6 Å². The van der Waals surface area contributed by atoms with E-state index in [-0.39, 0.29) is 0 Å². The lowest BCUT2D eigenvalue weighted by atomic mass is 9.90. The molecule has 0 amide bonds. The van der Waals surface area contributed by atoms with Crippen molar-refractivity contribution in [3.05, 3.63) is 29.8 Å². The predicted molar refractivity (Wildman–Crippen MR) is 72.2 cm³/mol. The number of hydrogen-bond donors (Lipinski definition) is 0. The highest BCUT2D eigenvalue weighted by molar-refractivity contribution is 7.91. The highest BCUT2D eigenvalue weighted by atomic mass is 32.2. The number of fused-ring (bicyclic) bond motifs is 2. The van der Waals surface area contributed by atoms with Gasteiger partial charge in [0.25, 0.3) is 0 Å². The molecule has 0 unspecified atom stereocenters. The second kappa shape index (κ2) is 4.37. The van der Waals surface area contributed by atoms with E-state index in [1.165, 1.54) is 19.3 Å². The van der Waals surface area contributed by atoms with Crippen LogP contribution in [0, 0.1) is 24.7 Å². The van der Waals surface area contributed by atoms with Gasteiger partial charge in [-0.1, -0.05) is 24.1 Å². The van der Waals surface area contributed by atoms with E-state index in [4.69, 9.17) is 0 Å². The van der Waals surface area contributed by atoms with Crippen LogP contribution in [0.3, 0.4) is 0 Å². The summed E-state index contributed by atoms with van der Waals surface area (Å²) in [5.74, 6) is 2.26. The molecule has 3 rings (SSSR count). The minimum atomic E-state index is -3.08. The summed E-state index contributed by atoms with van der Waals surface area (Å²) in [5, 5.41) is 0. The van der Waals surface area contributed by atoms with Gasteiger partial charge in [0.2, 0.25) is 0 Å². The molecule has 2 nitrogen and oxygen atoms in total. The average Bonchev–Trinajstić information content (AvgIpc) is 2.91. The molecule has 2 fully saturated rings. The maximum Gasteiger partial charge on any atom is 0.178 e. The third-order valence-corrected chi connectivity index (χ3v) is 6.56. The maximum absolute atomic E-state index is 12.4. The molecule has 0 aromatic heterocycles. The summed E-state index contributed by atoms with van der Waals surface area (Å²) in [6.07, 6.45) is 4.98. The summed E-state index contributed by atoms with van der Waals surface area (Å²) >= 11 is 0. The lowest BCUT2D eigenvalue weighted by Crippen LogP contribution is -2.21. The van der Waals surface area contributed by atoms with Crippen molar-refractivity contribution in [3.63, 3.8) is 0 Å². The van der Waals surface area contributed by atoms with Crippen molar-refractivity contribution in [2.45, 2.75) is 37.5 Å². The molecule has 2 aliphatic rings. The summed E-state index contributed by atoms with van der Waals surface area (Å²) in [6.45, 7) is 1.98. The number of benzene rings is 1. The molecule has 2 saturated carbocycles. The van der Waals surface area contributed by atoms with Crippen molar-refractivity contribution in [3.8, 4) is 0 Å². The standard InChI is InChI=1S/C15H20O2S/c1-11-2-6-15(7-3-11)18(16,17)10-14-9-12-4-5-13(14)8-12/h2-3,6-7,12-14H,4-5,8-10H2,1H3/t12-,13+,14-/m1/s1. The van der Waals surface area contributed by atoms with Crippen LogP contribution >= 0.6 is 0 Å². The topological polar surface area (TPSA) is 34.1 Å². The first-order valence-corrected chi connectivity index (χ1v) is 8.49. The monoisotopic (exact) mass is 264 g/mol. The first-order valence-electron chi connectivity index (χ1n) is 6.84. The van der Waals surface area contributed by atoms with Crippen LogP contribution in [-0.2, 0) is 9.84 Å². The molecule has 0 saturated heterocycles. The van der Waals surface area contributed by atoms with Crippen molar-refractivity contribution in [2.75, 3.05) is 5.75 Å². The molecule has 0 radical (unpaired) electrons. The van der Waals surface area contributed by atoms with Gasteiger partial charge in [-0.05, 0) is 56.1 Å². The Morgan fingerprint density at radius 2 is 1.83 bits per heavy atom. The molecule has 0 aliphatic heterocycles. The molecular formula is C15H20O2S. The van der Waals surface area contributed by atoms with Gasteiger partial charge in [0.1, 0.15) is 0 Å². The van der Waals surface area contributed by atoms with Crippen LogP contribution in [0.4, 0.5) is 0 Å². The normalized spacial score (nSPS) is 30.8. The van der Waals surface area contributed by atoms with E-state index in [0.29, 0.717) is 22.5 Å². The Bertz CT molecular complexity index is 530. The van der Waals surface area contributed by atoms with E-state index in [9.17, 15) is 8.42 Å². The Morgan fingerprint density at radius 3 is 2.39 bits per heavy atom. The van der Waals surface area contributed by atoms with Crippen molar-refractivity contribution in [2.24, 2.45) is 17.8 Å². The first-order chi connectivity index (χ1) is 8.54. The molecule has 3 atom stereocenters. The van der Waals surface area contributed by atoms with Crippen molar-refractivity contribution in [1.82, 2.24) is 0 Å². The van der Waals surface area contributed by atoms with E-state index in [2.05, 4.69) is 0 Å². The third-order valence-electron chi connectivity index (χ3n) is 4.70. The van der Waals surface area contributed by atoms with Crippen LogP contribution in [0.5, 0.6) is 0 Å². The largest absolute Gasteiger partial charge is 0.224 e. The fraction of sp³-hybridized carbons (Fsp3) is 0.600.